The van der Waals surface area contributed by atoms with Gasteiger partial charge in [-0.2, -0.15) is 8.42 Å². The molecule has 2 aliphatic rings. The van der Waals surface area contributed by atoms with Crippen molar-refractivity contribution in [3.05, 3.63) is 0 Å². The molecule has 0 bridgehead atoms. The summed E-state index contributed by atoms with van der Waals surface area (Å²) in [5, 5.41) is 0. The molecule has 0 aromatic rings. The van der Waals surface area contributed by atoms with Crippen molar-refractivity contribution in [3.8, 4) is 0 Å². The second-order valence-corrected chi connectivity index (χ2v) is 7.98. The molecule has 9 heteroatoms. The molecule has 0 radical (unpaired) electrons. The van der Waals surface area contributed by atoms with Gasteiger partial charge < -0.3 is 9.47 Å². The summed E-state index contributed by atoms with van der Waals surface area (Å²) in [6.45, 7) is 2.35. The van der Waals surface area contributed by atoms with Gasteiger partial charge in [0, 0.05) is 6.54 Å². The van der Waals surface area contributed by atoms with Crippen LogP contribution >= 0.6 is 0 Å². The Bertz CT molecular complexity index is 576. The first-order chi connectivity index (χ1) is 11.2. The van der Waals surface area contributed by atoms with E-state index >= 15 is 0 Å². The quantitative estimate of drug-likeness (QED) is 0.546. The topological polar surface area (TPSA) is 99.2 Å². The summed E-state index contributed by atoms with van der Waals surface area (Å²) in [6, 6.07) is -0.698. The van der Waals surface area contributed by atoms with E-state index in [1.807, 2.05) is 0 Å². The van der Waals surface area contributed by atoms with Crippen molar-refractivity contribution in [3.63, 3.8) is 0 Å². The van der Waals surface area contributed by atoms with Crippen LogP contribution in [-0.2, 0) is 28.6 Å². The molecule has 1 heterocycles. The summed E-state index contributed by atoms with van der Waals surface area (Å²) in [6.07, 6.45) is 2.49. The van der Waals surface area contributed by atoms with Crippen LogP contribution in [0.4, 0.5) is 4.79 Å². The summed E-state index contributed by atoms with van der Waals surface area (Å²) in [5.74, 6) is -0.137. The largest absolute Gasteiger partial charge is 0.464 e. The van der Waals surface area contributed by atoms with E-state index in [4.69, 9.17) is 13.7 Å². The van der Waals surface area contributed by atoms with Gasteiger partial charge in [-0.05, 0) is 44.4 Å². The first-order valence-corrected chi connectivity index (χ1v) is 9.96. The van der Waals surface area contributed by atoms with Crippen LogP contribution in [-0.4, -0.2) is 64.0 Å². The van der Waals surface area contributed by atoms with E-state index in [1.54, 1.807) is 6.92 Å². The van der Waals surface area contributed by atoms with Crippen LogP contribution in [0.15, 0.2) is 0 Å². The summed E-state index contributed by atoms with van der Waals surface area (Å²) < 4.78 is 37.6. The zero-order valence-electron chi connectivity index (χ0n) is 14.3. The van der Waals surface area contributed by atoms with Crippen molar-refractivity contribution in [2.75, 3.05) is 26.5 Å². The Morgan fingerprint density at radius 1 is 1.17 bits per heavy atom. The highest BCUT2D eigenvalue weighted by molar-refractivity contribution is 7.86. The SMILES string of the molecule is CCOC(=O)[C@@H]1CC2CC(OS(C)(=O)=O)CC[C@H]2CN1C(=O)OC. The van der Waals surface area contributed by atoms with Gasteiger partial charge in [-0.15, -0.1) is 0 Å². The number of rotatable bonds is 4. The normalized spacial score (nSPS) is 30.4. The number of hydrogen-bond donors (Lipinski definition) is 0. The number of ether oxygens (including phenoxy) is 2. The van der Waals surface area contributed by atoms with Crippen molar-refractivity contribution >= 4 is 22.2 Å². The summed E-state index contributed by atoms with van der Waals surface area (Å²) in [5.41, 5.74) is 0. The lowest BCUT2D eigenvalue weighted by atomic mass is 9.72. The van der Waals surface area contributed by atoms with E-state index in [-0.39, 0.29) is 24.5 Å². The predicted molar refractivity (Wildman–Crippen MR) is 84.7 cm³/mol. The van der Waals surface area contributed by atoms with Crippen LogP contribution in [0.2, 0.25) is 0 Å². The Morgan fingerprint density at radius 3 is 2.46 bits per heavy atom. The number of esters is 1. The maximum absolute atomic E-state index is 12.2. The van der Waals surface area contributed by atoms with Crippen LogP contribution in [0.25, 0.3) is 0 Å². The molecular weight excluding hydrogens is 338 g/mol. The van der Waals surface area contributed by atoms with Crippen LogP contribution in [0, 0.1) is 11.8 Å². The summed E-state index contributed by atoms with van der Waals surface area (Å²) in [7, 11) is -2.22. The van der Waals surface area contributed by atoms with Gasteiger partial charge in [-0.3, -0.25) is 9.08 Å². The fourth-order valence-electron chi connectivity index (χ4n) is 3.72. The average Bonchev–Trinajstić information content (AvgIpc) is 2.51. The maximum atomic E-state index is 12.2. The molecule has 2 fully saturated rings. The molecule has 2 rings (SSSR count). The molecule has 138 valence electrons. The van der Waals surface area contributed by atoms with Crippen molar-refractivity contribution in [1.29, 1.82) is 0 Å². The highest BCUT2D eigenvalue weighted by Gasteiger charge is 2.45. The van der Waals surface area contributed by atoms with Gasteiger partial charge in [0.1, 0.15) is 6.04 Å². The van der Waals surface area contributed by atoms with Crippen LogP contribution in [0.1, 0.15) is 32.6 Å². The summed E-state index contributed by atoms with van der Waals surface area (Å²) in [4.78, 5) is 25.6. The fourth-order valence-corrected chi connectivity index (χ4v) is 4.39. The number of carbonyl (C=O) groups excluding carboxylic acids is 2. The zero-order valence-corrected chi connectivity index (χ0v) is 15.1. The number of hydrogen-bond acceptors (Lipinski definition) is 7. The first kappa shape index (κ1) is 19.0. The van der Waals surface area contributed by atoms with Gasteiger partial charge in [0.25, 0.3) is 10.1 Å². The minimum atomic E-state index is -3.50. The molecule has 4 atom stereocenters. The fraction of sp³-hybridized carbons (Fsp3) is 0.867. The van der Waals surface area contributed by atoms with E-state index in [0.717, 1.165) is 12.7 Å². The number of carbonyl (C=O) groups is 2. The highest BCUT2D eigenvalue weighted by atomic mass is 32.2. The summed E-state index contributed by atoms with van der Waals surface area (Å²) >= 11 is 0. The van der Waals surface area contributed by atoms with Gasteiger partial charge in [0.05, 0.1) is 26.1 Å². The third-order valence-electron chi connectivity index (χ3n) is 4.70. The molecule has 1 aliphatic carbocycles. The Labute approximate surface area is 142 Å². The molecule has 1 saturated heterocycles. The second kappa shape index (κ2) is 7.69. The zero-order chi connectivity index (χ0) is 17.9. The minimum absolute atomic E-state index is 0.112. The van der Waals surface area contributed by atoms with Gasteiger partial charge >= 0.3 is 12.1 Å². The molecule has 24 heavy (non-hydrogen) atoms. The molecule has 0 aromatic carbocycles. The highest BCUT2D eigenvalue weighted by Crippen LogP contribution is 2.40. The van der Waals surface area contributed by atoms with E-state index in [0.29, 0.717) is 25.8 Å². The van der Waals surface area contributed by atoms with Crippen molar-refractivity contribution < 1.29 is 31.7 Å². The molecule has 0 N–H and O–H groups in total. The lowest BCUT2D eigenvalue weighted by molar-refractivity contribution is -0.152. The molecular formula is C15H25NO7S. The lowest BCUT2D eigenvalue weighted by Gasteiger charge is -2.45. The molecule has 2 unspecified atom stereocenters. The molecule has 1 amide bonds. The number of methoxy groups -OCH3 is 1. The third-order valence-corrected chi connectivity index (χ3v) is 5.33. The van der Waals surface area contributed by atoms with Gasteiger partial charge in [0.15, 0.2) is 0 Å². The van der Waals surface area contributed by atoms with Crippen LogP contribution in [0.3, 0.4) is 0 Å². The average molecular weight is 363 g/mol. The standard InChI is InChI=1S/C15H25NO7S/c1-4-22-14(17)13-8-11-7-12(23-24(3,19)20)6-5-10(11)9-16(13)15(18)21-2/h10-13H,4-9H2,1-3H3/t10-,11?,12?,13-/m0/s1. The Hall–Kier alpha value is -1.35. The molecule has 1 saturated carbocycles. The van der Waals surface area contributed by atoms with Crippen molar-refractivity contribution in [1.82, 2.24) is 4.90 Å². The first-order valence-electron chi connectivity index (χ1n) is 8.14. The van der Waals surface area contributed by atoms with Crippen LogP contribution < -0.4 is 0 Å². The third kappa shape index (κ3) is 4.60. The maximum Gasteiger partial charge on any atom is 0.410 e. The van der Waals surface area contributed by atoms with Gasteiger partial charge in [-0.1, -0.05) is 0 Å². The van der Waals surface area contributed by atoms with E-state index < -0.39 is 28.2 Å². The monoisotopic (exact) mass is 363 g/mol. The number of nitrogens with zero attached hydrogens (tertiary/aromatic N) is 1. The number of piperidine rings is 1. The number of likely N-dealkylation sites (tertiary alicyclic amines) is 1. The predicted octanol–water partition coefficient (Wildman–Crippen LogP) is 1.15. The van der Waals surface area contributed by atoms with Crippen LogP contribution in [0.5, 0.6) is 0 Å². The number of fused-ring (bicyclic) bond motifs is 1. The smallest absolute Gasteiger partial charge is 0.410 e. The van der Waals surface area contributed by atoms with E-state index in [2.05, 4.69) is 0 Å². The van der Waals surface area contributed by atoms with E-state index in [9.17, 15) is 18.0 Å². The minimum Gasteiger partial charge on any atom is -0.464 e. The second-order valence-electron chi connectivity index (χ2n) is 6.38. The Morgan fingerprint density at radius 2 is 1.88 bits per heavy atom. The Balaban J connectivity index is 2.11. The molecule has 1 aliphatic heterocycles. The van der Waals surface area contributed by atoms with Crippen molar-refractivity contribution in [2.45, 2.75) is 44.8 Å². The van der Waals surface area contributed by atoms with E-state index in [1.165, 1.54) is 12.0 Å². The number of amides is 1. The van der Waals surface area contributed by atoms with Crippen molar-refractivity contribution in [2.24, 2.45) is 11.8 Å². The van der Waals surface area contributed by atoms with Gasteiger partial charge in [-0.25, -0.2) is 9.59 Å². The molecule has 8 nitrogen and oxygen atoms in total. The Kier molecular flexibility index (Phi) is 6.08. The molecule has 0 aromatic heterocycles. The molecule has 0 spiro atoms. The van der Waals surface area contributed by atoms with Gasteiger partial charge in [0.2, 0.25) is 0 Å². The lowest BCUT2D eigenvalue weighted by Crippen LogP contribution is -2.55.